The van der Waals surface area contributed by atoms with Gasteiger partial charge < -0.3 is 76.6 Å². The van der Waals surface area contributed by atoms with Gasteiger partial charge in [0.15, 0.2) is 0 Å². The van der Waals surface area contributed by atoms with E-state index in [2.05, 4.69) is 0 Å². The number of aliphatic hydroxyl groups excluding tert-OH is 3. The van der Waals surface area contributed by atoms with Crippen molar-refractivity contribution in [3.05, 3.63) is 0 Å². The van der Waals surface area contributed by atoms with Crippen LogP contribution in [-0.2, 0) is 28.8 Å². The van der Waals surface area contributed by atoms with Crippen molar-refractivity contribution < 1.29 is 188 Å². The molecule has 21 nitrogen and oxygen atoms in total. The smallest absolute Gasteiger partial charge is 0.366 e. The van der Waals surface area contributed by atoms with Crippen LogP contribution in [-0.4, -0.2) is 148 Å². The van der Waals surface area contributed by atoms with Gasteiger partial charge in [-0.3, -0.25) is 14.4 Å². The van der Waals surface area contributed by atoms with E-state index >= 15 is 0 Å². The Kier molecular flexibility index (Phi) is 24.9. The number of carbonyl (C=O) groups is 6. The van der Waals surface area contributed by atoms with E-state index in [1.54, 1.807) is 0 Å². The first kappa shape index (κ1) is 47.0. The molecule has 2 radical (unpaired) electrons. The van der Waals surface area contributed by atoms with Gasteiger partial charge in [-0.1, -0.05) is 0 Å². The molecule has 3 unspecified atom stereocenters. The van der Waals surface area contributed by atoms with Gasteiger partial charge in [0.1, 0.15) is 18.3 Å². The van der Waals surface area contributed by atoms with Crippen molar-refractivity contribution in [2.75, 3.05) is 0 Å². The van der Waals surface area contributed by atoms with E-state index < -0.39 is 90.8 Å². The predicted molar refractivity (Wildman–Crippen MR) is 99.2 cm³/mol. The van der Waals surface area contributed by atoms with Crippen molar-refractivity contribution in [3.8, 4) is 0 Å². The molecule has 216 valence electrons. The number of rotatable bonds is 12. The zero-order valence-electron chi connectivity index (χ0n) is 18.7. The Hall–Kier alpha value is -0.813. The maximum absolute atomic E-state index is 9.99. The quantitative estimate of drug-likeness (QED) is 0.0813. The average Bonchev–Trinajstić information content (AvgIpc) is 2.66. The number of carboxylic acids is 6. The third kappa shape index (κ3) is 18.5. The molecular weight excluding hydrogens is 798 g/mol. The first-order chi connectivity index (χ1) is 15.8. The molecule has 23 heteroatoms. The number of carboxylic acid groups (broad SMARTS) is 6. The van der Waals surface area contributed by atoms with Gasteiger partial charge in [-0.2, -0.15) is 0 Å². The summed E-state index contributed by atoms with van der Waals surface area (Å²) >= 11 is 0. The Morgan fingerprint density at radius 3 is 0.632 bits per heavy atom. The van der Waals surface area contributed by atoms with Crippen molar-refractivity contribution >= 4 is 35.8 Å². The Labute approximate surface area is 276 Å². The van der Waals surface area contributed by atoms with Crippen LogP contribution in [0, 0.1) is 82.6 Å². The maximum atomic E-state index is 9.99. The Bertz CT molecular complexity index is 704. The van der Waals surface area contributed by atoms with Crippen LogP contribution in [0.3, 0.4) is 0 Å². The fourth-order valence-corrected chi connectivity index (χ4v) is 1.35. The molecule has 0 saturated carbocycles. The first-order valence-corrected chi connectivity index (χ1v) is 8.58. The van der Waals surface area contributed by atoms with E-state index in [9.17, 15) is 28.8 Å². The molecule has 0 aromatic heterocycles. The molecule has 38 heavy (non-hydrogen) atoms. The number of hydrogen-bond donors (Lipinski definition) is 15. The van der Waals surface area contributed by atoms with E-state index in [0.29, 0.717) is 0 Å². The second-order valence-electron chi connectivity index (χ2n) is 6.43. The van der Waals surface area contributed by atoms with Gasteiger partial charge in [0, 0.05) is 82.6 Å². The van der Waals surface area contributed by atoms with Crippen LogP contribution in [0.25, 0.3) is 0 Å². The zero-order valence-corrected chi connectivity index (χ0v) is 26.1. The van der Waals surface area contributed by atoms with Gasteiger partial charge in [0.2, 0.25) is 0 Å². The molecule has 0 fully saturated rings. The van der Waals surface area contributed by atoms with Crippen LogP contribution in [0.2, 0.25) is 0 Å². The molecule has 0 aromatic rings. The fourth-order valence-electron chi connectivity index (χ4n) is 1.35. The van der Waals surface area contributed by atoms with Crippen molar-refractivity contribution in [2.24, 2.45) is 0 Å². The Morgan fingerprint density at radius 1 is 0.421 bits per heavy atom. The fraction of sp³-hybridized carbons (Fsp3) is 0.600. The summed E-state index contributed by atoms with van der Waals surface area (Å²) in [6, 6.07) is 0. The SMILES string of the molecule is O=C(O)CC(O)C(O)(O)C(=O)O.O=C(O)CC(O)C(O)(O)C(=O)O.O=C(O)CC(O)C(O)(O)C(=O)O.[Pr].[Pr]. The summed E-state index contributed by atoms with van der Waals surface area (Å²) in [5.41, 5.74) is 0. The van der Waals surface area contributed by atoms with Crippen LogP contribution < -0.4 is 0 Å². The largest absolute Gasteiger partial charge is 0.481 e. The van der Waals surface area contributed by atoms with Crippen LogP contribution in [0.1, 0.15) is 19.3 Å². The molecule has 0 heterocycles. The van der Waals surface area contributed by atoms with Gasteiger partial charge in [0.05, 0.1) is 19.3 Å². The second-order valence-corrected chi connectivity index (χ2v) is 6.43. The molecular formula is C15H24O21Pr2. The Morgan fingerprint density at radius 2 is 0.553 bits per heavy atom. The molecule has 0 bridgehead atoms. The minimum absolute atomic E-state index is 0. The molecule has 0 saturated heterocycles. The number of aliphatic carboxylic acids is 6. The third-order valence-corrected chi connectivity index (χ3v) is 3.44. The van der Waals surface area contributed by atoms with E-state index in [1.165, 1.54) is 0 Å². The summed E-state index contributed by atoms with van der Waals surface area (Å²) in [7, 11) is 0. The summed E-state index contributed by atoms with van der Waals surface area (Å²) in [5, 5.41) is 126. The summed E-state index contributed by atoms with van der Waals surface area (Å²) in [6.45, 7) is 0. The first-order valence-electron chi connectivity index (χ1n) is 8.58. The van der Waals surface area contributed by atoms with E-state index in [-0.39, 0.29) is 82.6 Å². The molecule has 0 spiro atoms. The maximum Gasteiger partial charge on any atom is 0.366 e. The molecule has 0 aromatic carbocycles. The van der Waals surface area contributed by atoms with Gasteiger partial charge >= 0.3 is 35.8 Å². The molecule has 0 aliphatic heterocycles. The topological polar surface area (TPSA) is 406 Å². The second kappa shape index (κ2) is 20.1. The van der Waals surface area contributed by atoms with Crippen molar-refractivity contribution in [1.29, 1.82) is 0 Å². The minimum atomic E-state index is -3.42. The summed E-state index contributed by atoms with van der Waals surface area (Å²) < 4.78 is 0. The van der Waals surface area contributed by atoms with Gasteiger partial charge in [-0.05, 0) is 0 Å². The van der Waals surface area contributed by atoms with Crippen LogP contribution in [0.4, 0.5) is 0 Å². The molecule has 0 aliphatic carbocycles. The van der Waals surface area contributed by atoms with Gasteiger partial charge in [-0.25, -0.2) is 14.4 Å². The average molecular weight is 822 g/mol. The standard InChI is InChI=1S/3C5H8O7.2Pr/c3*6-2(1-3(7)8)5(11,12)4(9)10;;/h3*2,6,11-12H,1H2,(H,7,8)(H,9,10);;. The predicted octanol–water partition coefficient (Wildman–Crippen LogP) is -7.24. The number of hydrogen-bond acceptors (Lipinski definition) is 15. The Balaban J connectivity index is -0.000000140. The molecule has 0 amide bonds. The summed E-state index contributed by atoms with van der Waals surface area (Å²) in [6.07, 6.45) is -9.94. The van der Waals surface area contributed by atoms with Crippen LogP contribution >= 0.6 is 0 Å². The van der Waals surface area contributed by atoms with E-state index in [1.807, 2.05) is 0 Å². The molecule has 0 aliphatic rings. The van der Waals surface area contributed by atoms with Crippen molar-refractivity contribution in [1.82, 2.24) is 0 Å². The van der Waals surface area contributed by atoms with Crippen molar-refractivity contribution in [2.45, 2.75) is 54.9 Å². The summed E-state index contributed by atoms with van der Waals surface area (Å²) in [5.74, 6) is -21.2. The number of aliphatic hydroxyl groups is 9. The van der Waals surface area contributed by atoms with E-state index in [0.717, 1.165) is 0 Å². The van der Waals surface area contributed by atoms with Gasteiger partial charge in [0.25, 0.3) is 17.4 Å². The zero-order chi connectivity index (χ0) is 29.8. The molecule has 0 rings (SSSR count). The molecule has 3 atom stereocenters. The van der Waals surface area contributed by atoms with E-state index in [4.69, 9.17) is 76.6 Å². The van der Waals surface area contributed by atoms with Crippen molar-refractivity contribution in [3.63, 3.8) is 0 Å². The summed E-state index contributed by atoms with van der Waals surface area (Å²) in [4.78, 5) is 59.7. The molecule has 15 N–H and O–H groups in total. The van der Waals surface area contributed by atoms with Gasteiger partial charge in [-0.15, -0.1) is 0 Å². The normalized spacial score (nSPS) is 13.2. The third-order valence-electron chi connectivity index (χ3n) is 3.44. The van der Waals surface area contributed by atoms with Crippen LogP contribution in [0.15, 0.2) is 0 Å². The van der Waals surface area contributed by atoms with Crippen LogP contribution in [0.5, 0.6) is 0 Å². The monoisotopic (exact) mass is 822 g/mol. The minimum Gasteiger partial charge on any atom is -0.481 e.